The van der Waals surface area contributed by atoms with Crippen molar-refractivity contribution in [2.24, 2.45) is 0 Å². The third-order valence-electron chi connectivity index (χ3n) is 6.76. The van der Waals surface area contributed by atoms with Crippen LogP contribution < -0.4 is 0 Å². The van der Waals surface area contributed by atoms with Gasteiger partial charge in [-0.3, -0.25) is 4.79 Å². The van der Waals surface area contributed by atoms with Gasteiger partial charge in [-0.05, 0) is 28.7 Å². The van der Waals surface area contributed by atoms with Crippen LogP contribution in [0.1, 0.15) is 28.7 Å². The normalized spacial score (nSPS) is 15.6. The van der Waals surface area contributed by atoms with E-state index in [4.69, 9.17) is 4.74 Å². The molecule has 0 aromatic heterocycles. The smallest absolute Gasteiger partial charge is 0.416 e. The van der Waals surface area contributed by atoms with E-state index in [0.717, 1.165) is 22.3 Å². The van der Waals surface area contributed by atoms with Crippen LogP contribution in [0.3, 0.4) is 0 Å². The van der Waals surface area contributed by atoms with E-state index in [1.807, 2.05) is 84.9 Å². The summed E-state index contributed by atoms with van der Waals surface area (Å²) in [7, 11) is 0. The summed E-state index contributed by atoms with van der Waals surface area (Å²) in [5, 5.41) is 0. The Morgan fingerprint density at radius 3 is 1.60 bits per heavy atom. The number of ether oxygens (including phenoxy) is 1. The number of imide groups is 1. The first-order valence-electron chi connectivity index (χ1n) is 11.9. The molecule has 1 atom stereocenters. The maximum atomic E-state index is 14.0. The Balaban J connectivity index is 1.58. The molecular formula is C31H27NO3. The topological polar surface area (TPSA) is 46.6 Å². The largest absolute Gasteiger partial charge is 0.447 e. The van der Waals surface area contributed by atoms with E-state index in [-0.39, 0.29) is 25.0 Å². The van der Waals surface area contributed by atoms with E-state index in [0.29, 0.717) is 6.42 Å². The molecule has 1 heterocycles. The minimum atomic E-state index is -0.763. The van der Waals surface area contributed by atoms with Gasteiger partial charge in [-0.2, -0.15) is 0 Å². The second-order valence-corrected chi connectivity index (χ2v) is 8.86. The summed E-state index contributed by atoms with van der Waals surface area (Å²) in [4.78, 5) is 28.1. The van der Waals surface area contributed by atoms with Crippen molar-refractivity contribution in [3.05, 3.63) is 144 Å². The van der Waals surface area contributed by atoms with Crippen LogP contribution in [0.5, 0.6) is 0 Å². The molecule has 0 N–H and O–H groups in total. The second kappa shape index (κ2) is 9.98. The summed E-state index contributed by atoms with van der Waals surface area (Å²) in [5.41, 5.74) is 3.30. The number of nitrogens with zero attached hydrogens (tertiary/aromatic N) is 1. The third-order valence-corrected chi connectivity index (χ3v) is 6.76. The van der Waals surface area contributed by atoms with E-state index in [1.165, 1.54) is 4.90 Å². The molecule has 4 heteroatoms. The molecular weight excluding hydrogens is 434 g/mol. The monoisotopic (exact) mass is 461 g/mol. The number of rotatable bonds is 7. The molecule has 35 heavy (non-hydrogen) atoms. The first kappa shape index (κ1) is 22.6. The third kappa shape index (κ3) is 4.47. The zero-order valence-corrected chi connectivity index (χ0v) is 19.4. The van der Waals surface area contributed by atoms with E-state index in [9.17, 15) is 9.59 Å². The van der Waals surface area contributed by atoms with Gasteiger partial charge in [-0.15, -0.1) is 0 Å². The van der Waals surface area contributed by atoms with Crippen LogP contribution >= 0.6 is 0 Å². The molecule has 2 amide bonds. The van der Waals surface area contributed by atoms with Crippen LogP contribution in [-0.4, -0.2) is 29.5 Å². The van der Waals surface area contributed by atoms with Crippen LogP contribution in [-0.2, 0) is 21.4 Å². The number of carbonyl (C=O) groups is 2. The lowest BCUT2D eigenvalue weighted by atomic mass is 9.67. The maximum Gasteiger partial charge on any atom is 0.416 e. The number of carbonyl (C=O) groups excluding carboxylic acids is 2. The molecule has 0 unspecified atom stereocenters. The zero-order valence-electron chi connectivity index (χ0n) is 19.4. The van der Waals surface area contributed by atoms with Gasteiger partial charge >= 0.3 is 6.09 Å². The Hall–Kier alpha value is -4.18. The lowest BCUT2D eigenvalue weighted by Crippen LogP contribution is -2.44. The number of amides is 2. The first-order chi connectivity index (χ1) is 17.2. The van der Waals surface area contributed by atoms with Gasteiger partial charge in [0.05, 0.1) is 11.5 Å². The molecule has 1 aliphatic rings. The number of benzene rings is 4. The van der Waals surface area contributed by atoms with Crippen LogP contribution in [0.2, 0.25) is 0 Å². The summed E-state index contributed by atoms with van der Waals surface area (Å²) in [6, 6.07) is 39.7. The highest BCUT2D eigenvalue weighted by molar-refractivity contribution is 5.95. The van der Waals surface area contributed by atoms with Crippen molar-refractivity contribution in [1.29, 1.82) is 0 Å². The summed E-state index contributed by atoms with van der Waals surface area (Å²) in [6.45, 7) is 0.203. The average molecular weight is 462 g/mol. The quantitative estimate of drug-likeness (QED) is 0.317. The lowest BCUT2D eigenvalue weighted by molar-refractivity contribution is -0.130. The molecule has 0 radical (unpaired) electrons. The van der Waals surface area contributed by atoms with Crippen molar-refractivity contribution in [2.75, 3.05) is 6.61 Å². The number of hydrogen-bond acceptors (Lipinski definition) is 3. The van der Waals surface area contributed by atoms with Crippen molar-refractivity contribution in [3.63, 3.8) is 0 Å². The number of hydrogen-bond donors (Lipinski definition) is 0. The molecule has 5 rings (SSSR count). The highest BCUT2D eigenvalue weighted by Gasteiger charge is 2.44. The van der Waals surface area contributed by atoms with Gasteiger partial charge in [0.1, 0.15) is 6.61 Å². The van der Waals surface area contributed by atoms with Crippen molar-refractivity contribution in [1.82, 2.24) is 4.90 Å². The van der Waals surface area contributed by atoms with Gasteiger partial charge < -0.3 is 4.74 Å². The average Bonchev–Trinajstić information content (AvgIpc) is 3.29. The number of cyclic esters (lactones) is 1. The van der Waals surface area contributed by atoms with Crippen LogP contribution in [0.15, 0.2) is 121 Å². The predicted octanol–water partition coefficient (Wildman–Crippen LogP) is 6.00. The molecule has 174 valence electrons. The van der Waals surface area contributed by atoms with Gasteiger partial charge in [0, 0.05) is 6.42 Å². The fourth-order valence-corrected chi connectivity index (χ4v) is 5.09. The Labute approximate surface area is 205 Å². The molecule has 0 bridgehead atoms. The minimum Gasteiger partial charge on any atom is -0.447 e. The minimum absolute atomic E-state index is 0.103. The first-order valence-corrected chi connectivity index (χ1v) is 11.9. The van der Waals surface area contributed by atoms with Crippen LogP contribution in [0, 0.1) is 0 Å². The Bertz CT molecular complexity index is 1180. The lowest BCUT2D eigenvalue weighted by Gasteiger charge is -2.36. The highest BCUT2D eigenvalue weighted by Crippen LogP contribution is 2.43. The van der Waals surface area contributed by atoms with Crippen LogP contribution in [0.4, 0.5) is 4.79 Å². The van der Waals surface area contributed by atoms with E-state index in [2.05, 4.69) is 36.4 Å². The van der Waals surface area contributed by atoms with Gasteiger partial charge in [0.25, 0.3) is 0 Å². The molecule has 4 aromatic rings. The van der Waals surface area contributed by atoms with Gasteiger partial charge in [0.15, 0.2) is 0 Å². The van der Waals surface area contributed by atoms with E-state index < -0.39 is 11.5 Å². The molecule has 1 aliphatic heterocycles. The van der Waals surface area contributed by atoms with Gasteiger partial charge in [0.2, 0.25) is 5.91 Å². The molecule has 1 fully saturated rings. The maximum absolute atomic E-state index is 14.0. The van der Waals surface area contributed by atoms with Crippen molar-refractivity contribution in [2.45, 2.75) is 24.3 Å². The Kier molecular flexibility index (Phi) is 6.44. The molecule has 0 saturated carbocycles. The molecule has 0 spiro atoms. The summed E-state index contributed by atoms with van der Waals surface area (Å²) in [5.74, 6) is -0.245. The van der Waals surface area contributed by atoms with Crippen LogP contribution in [0.25, 0.3) is 0 Å². The summed E-state index contributed by atoms with van der Waals surface area (Å²) < 4.78 is 5.37. The van der Waals surface area contributed by atoms with E-state index in [1.54, 1.807) is 0 Å². The molecule has 1 saturated heterocycles. The van der Waals surface area contributed by atoms with Gasteiger partial charge in [-0.25, -0.2) is 9.69 Å². The fourth-order valence-electron chi connectivity index (χ4n) is 5.09. The standard InChI is InChI=1S/C31H27NO3/c33-29(32-28(23-35-30(32)34)21-24-13-5-1-6-14-24)22-31(25-15-7-2-8-16-25,26-17-9-3-10-18-26)27-19-11-4-12-20-27/h1-20,28H,21-23H2/t28-/m0/s1. The zero-order chi connectivity index (χ0) is 24.1. The summed E-state index contributed by atoms with van der Waals surface area (Å²) >= 11 is 0. The van der Waals surface area contributed by atoms with Crippen molar-refractivity contribution in [3.8, 4) is 0 Å². The molecule has 4 aromatic carbocycles. The SMILES string of the molecule is O=C(CC(c1ccccc1)(c1ccccc1)c1ccccc1)N1C(=O)OC[C@@H]1Cc1ccccc1. The highest BCUT2D eigenvalue weighted by atomic mass is 16.6. The van der Waals surface area contributed by atoms with Gasteiger partial charge in [-0.1, -0.05) is 121 Å². The predicted molar refractivity (Wildman–Crippen MR) is 136 cm³/mol. The van der Waals surface area contributed by atoms with Crippen molar-refractivity contribution < 1.29 is 14.3 Å². The van der Waals surface area contributed by atoms with Crippen molar-refractivity contribution >= 4 is 12.0 Å². The molecule has 0 aliphatic carbocycles. The van der Waals surface area contributed by atoms with E-state index >= 15 is 0 Å². The Morgan fingerprint density at radius 1 is 0.714 bits per heavy atom. The Morgan fingerprint density at radius 2 is 1.14 bits per heavy atom. The fraction of sp³-hybridized carbons (Fsp3) is 0.161. The second-order valence-electron chi connectivity index (χ2n) is 8.86. The summed E-state index contributed by atoms with van der Waals surface area (Å²) in [6.07, 6.45) is 0.0951. The molecule has 4 nitrogen and oxygen atoms in total.